The summed E-state index contributed by atoms with van der Waals surface area (Å²) in [4.78, 5) is 25.0. The van der Waals surface area contributed by atoms with Crippen LogP contribution < -0.4 is 0 Å². The Bertz CT molecular complexity index is 168. The summed E-state index contributed by atoms with van der Waals surface area (Å²) in [5, 5.41) is 40.2. The van der Waals surface area contributed by atoms with E-state index in [-0.39, 0.29) is 13.2 Å². The maximum absolute atomic E-state index is 8.35. The van der Waals surface area contributed by atoms with Crippen LogP contribution in [-0.2, 0) is 14.4 Å². The Balaban J connectivity index is -0.0000000581. The van der Waals surface area contributed by atoms with E-state index in [1.807, 2.05) is 0 Å². The summed E-state index contributed by atoms with van der Waals surface area (Å²) < 4.78 is 0. The van der Waals surface area contributed by atoms with Crippen LogP contribution in [0.15, 0.2) is 0 Å². The highest BCUT2D eigenvalue weighted by atomic mass is 16.3. The van der Waals surface area contributed by atoms with Gasteiger partial charge < -0.3 is 15.3 Å². The Hall–Kier alpha value is -1.98. The minimum absolute atomic E-state index is 0.365. The second kappa shape index (κ2) is 40.3. The fourth-order valence-electron chi connectivity index (χ4n) is 0.0577. The number of isocyanates is 3. The zero-order chi connectivity index (χ0) is 13.1. The molecule has 0 aliphatic heterocycles. The molecule has 0 unspecified atom stereocenters. The first-order valence-corrected chi connectivity index (χ1v) is 3.07. The van der Waals surface area contributed by atoms with Crippen LogP contribution in [0.1, 0.15) is 0 Å². The van der Waals surface area contributed by atoms with Gasteiger partial charge in [-0.25, -0.2) is 30.6 Å². The van der Waals surface area contributed by atoms with Crippen LogP contribution in [0.3, 0.4) is 0 Å². The van der Waals surface area contributed by atoms with E-state index < -0.39 is 6.10 Å². The molecule has 0 spiro atoms. The van der Waals surface area contributed by atoms with E-state index in [0.29, 0.717) is 0 Å². The van der Waals surface area contributed by atoms with E-state index in [4.69, 9.17) is 45.9 Å². The number of rotatable bonds is 2. The van der Waals surface area contributed by atoms with E-state index in [1.54, 1.807) is 0 Å². The van der Waals surface area contributed by atoms with Gasteiger partial charge in [0.1, 0.15) is 6.10 Å². The van der Waals surface area contributed by atoms with Gasteiger partial charge in [-0.15, -0.1) is 0 Å². The summed E-state index contributed by atoms with van der Waals surface area (Å²) in [6.45, 7) is -0.729. The predicted octanol–water partition coefficient (Wildman–Crippen LogP) is -1.97. The number of aliphatic hydroxyl groups excluding tert-OH is 3. The van der Waals surface area contributed by atoms with Gasteiger partial charge in [-0.2, -0.15) is 0 Å². The standard InChI is InChI=1S/C3H8O3.3CHNO/c4-1-3(6)2-5;3*2-1-3/h3-6H,1-2H2;3*2H. The van der Waals surface area contributed by atoms with Crippen LogP contribution >= 0.6 is 0 Å². The smallest absolute Gasteiger partial charge is 0.231 e. The molecule has 0 saturated carbocycles. The lowest BCUT2D eigenvalue weighted by Crippen LogP contribution is -2.15. The van der Waals surface area contributed by atoms with E-state index in [0.717, 1.165) is 18.2 Å². The molecule has 0 aliphatic rings. The second-order valence-corrected chi connectivity index (χ2v) is 1.33. The van der Waals surface area contributed by atoms with Gasteiger partial charge >= 0.3 is 0 Å². The topological polar surface area (TPSA) is 183 Å². The average Bonchev–Trinajstić information content (AvgIpc) is 2.20. The Morgan fingerprint density at radius 1 is 0.867 bits per heavy atom. The molecule has 0 aromatic rings. The van der Waals surface area contributed by atoms with Crippen LogP contribution in [0.4, 0.5) is 0 Å². The van der Waals surface area contributed by atoms with Crippen LogP contribution in [0.5, 0.6) is 0 Å². The Morgan fingerprint density at radius 3 is 1.00 bits per heavy atom. The third-order valence-electron chi connectivity index (χ3n) is 0.421. The zero-order valence-electron chi connectivity index (χ0n) is 7.56. The lowest BCUT2D eigenvalue weighted by Gasteiger charge is -1.96. The third kappa shape index (κ3) is 296. The van der Waals surface area contributed by atoms with Gasteiger partial charge in [0.2, 0.25) is 18.2 Å². The van der Waals surface area contributed by atoms with Crippen molar-refractivity contribution in [1.29, 1.82) is 16.2 Å². The third-order valence-corrected chi connectivity index (χ3v) is 0.421. The molecule has 9 nitrogen and oxygen atoms in total. The molecule has 9 heteroatoms. The van der Waals surface area contributed by atoms with Gasteiger partial charge in [-0.1, -0.05) is 0 Å². The summed E-state index contributed by atoms with van der Waals surface area (Å²) in [6.07, 6.45) is 1.30. The summed E-state index contributed by atoms with van der Waals surface area (Å²) in [6, 6.07) is 0. The highest BCUT2D eigenvalue weighted by molar-refractivity contribution is 5.26. The van der Waals surface area contributed by atoms with Crippen molar-refractivity contribution < 1.29 is 29.7 Å². The zero-order valence-corrected chi connectivity index (χ0v) is 7.56. The molecule has 0 aromatic carbocycles. The monoisotopic (exact) mass is 221 g/mol. The Kier molecular flexibility index (Phi) is 62.1. The van der Waals surface area contributed by atoms with Gasteiger partial charge in [0.25, 0.3) is 0 Å². The van der Waals surface area contributed by atoms with Crippen molar-refractivity contribution >= 4 is 18.2 Å². The first-order valence-electron chi connectivity index (χ1n) is 3.07. The van der Waals surface area contributed by atoms with Crippen molar-refractivity contribution in [3.05, 3.63) is 0 Å². The molecule has 15 heavy (non-hydrogen) atoms. The fraction of sp³-hybridized carbons (Fsp3) is 0.500. The van der Waals surface area contributed by atoms with Crippen molar-refractivity contribution in [2.45, 2.75) is 6.10 Å². The summed E-state index contributed by atoms with van der Waals surface area (Å²) >= 11 is 0. The van der Waals surface area contributed by atoms with Gasteiger partial charge in [0.15, 0.2) is 0 Å². The number of hydrogen-bond acceptors (Lipinski definition) is 9. The first kappa shape index (κ1) is 23.1. The van der Waals surface area contributed by atoms with Crippen LogP contribution in [0.2, 0.25) is 0 Å². The lowest BCUT2D eigenvalue weighted by molar-refractivity contribution is 0.0450. The Morgan fingerprint density at radius 2 is 1.00 bits per heavy atom. The average molecular weight is 221 g/mol. The largest absolute Gasteiger partial charge is 0.394 e. The molecule has 6 N–H and O–H groups in total. The van der Waals surface area contributed by atoms with Crippen LogP contribution in [-0.4, -0.2) is 52.9 Å². The molecule has 0 amide bonds. The van der Waals surface area contributed by atoms with Crippen molar-refractivity contribution in [3.8, 4) is 0 Å². The van der Waals surface area contributed by atoms with E-state index in [9.17, 15) is 0 Å². The molecule has 0 atom stereocenters. The molecule has 0 rings (SSSR count). The fourth-order valence-corrected chi connectivity index (χ4v) is 0.0577. The molecule has 0 heterocycles. The second-order valence-electron chi connectivity index (χ2n) is 1.33. The van der Waals surface area contributed by atoms with Gasteiger partial charge in [-0.05, 0) is 0 Å². The highest BCUT2D eigenvalue weighted by Gasteiger charge is 1.93. The van der Waals surface area contributed by atoms with Crippen molar-refractivity contribution in [1.82, 2.24) is 0 Å². The van der Waals surface area contributed by atoms with Gasteiger partial charge in [0, 0.05) is 0 Å². The molecular formula is C6H11N3O6. The molecule has 0 radical (unpaired) electrons. The lowest BCUT2D eigenvalue weighted by atomic mass is 10.4. The quantitative estimate of drug-likeness (QED) is 0.232. The minimum Gasteiger partial charge on any atom is -0.394 e. The number of carbonyl (C=O) groups excluding carboxylic acids is 3. The molecule has 0 aromatic heterocycles. The molecular weight excluding hydrogens is 210 g/mol. The molecule has 0 bridgehead atoms. The first-order chi connectivity index (χ1) is 7.05. The normalized spacial score (nSPS) is 5.60. The highest BCUT2D eigenvalue weighted by Crippen LogP contribution is 1.71. The van der Waals surface area contributed by atoms with Crippen LogP contribution in [0.25, 0.3) is 0 Å². The summed E-state index contributed by atoms with van der Waals surface area (Å²) in [7, 11) is 0. The van der Waals surface area contributed by atoms with Gasteiger partial charge in [-0.3, -0.25) is 0 Å². The van der Waals surface area contributed by atoms with E-state index in [2.05, 4.69) is 0 Å². The number of hydrogen-bond donors (Lipinski definition) is 6. The van der Waals surface area contributed by atoms with Crippen molar-refractivity contribution in [3.63, 3.8) is 0 Å². The molecule has 0 saturated heterocycles. The summed E-state index contributed by atoms with van der Waals surface area (Å²) in [5.41, 5.74) is 0. The van der Waals surface area contributed by atoms with Crippen LogP contribution in [0, 0.1) is 16.2 Å². The molecule has 86 valence electrons. The Labute approximate surface area is 84.5 Å². The van der Waals surface area contributed by atoms with E-state index in [1.165, 1.54) is 0 Å². The predicted molar refractivity (Wildman–Crippen MR) is 45.4 cm³/mol. The maximum Gasteiger partial charge on any atom is 0.231 e. The minimum atomic E-state index is -0.954. The number of aliphatic hydroxyl groups is 3. The molecule has 0 fully saturated rings. The SMILES string of the molecule is N=C=O.N=C=O.N=C=O.OCC(O)CO. The van der Waals surface area contributed by atoms with Crippen molar-refractivity contribution in [2.24, 2.45) is 0 Å². The number of nitrogens with one attached hydrogen (secondary N) is 3. The molecule has 0 aliphatic carbocycles. The van der Waals surface area contributed by atoms with Gasteiger partial charge in [0.05, 0.1) is 13.2 Å². The maximum atomic E-state index is 8.35. The van der Waals surface area contributed by atoms with E-state index >= 15 is 0 Å². The summed E-state index contributed by atoms with van der Waals surface area (Å²) in [5.74, 6) is 0. The van der Waals surface area contributed by atoms with Crippen molar-refractivity contribution in [2.75, 3.05) is 13.2 Å².